The summed E-state index contributed by atoms with van der Waals surface area (Å²) < 4.78 is 3.65. The summed E-state index contributed by atoms with van der Waals surface area (Å²) in [4.78, 5) is 20.8. The molecular weight excluding hydrogens is 524 g/mol. The zero-order valence-corrected chi connectivity index (χ0v) is 21.7. The molecule has 1 unspecified atom stereocenters. The van der Waals surface area contributed by atoms with Gasteiger partial charge in [0.15, 0.2) is 4.80 Å². The molecule has 6 heteroatoms. The van der Waals surface area contributed by atoms with Gasteiger partial charge >= 0.3 is 0 Å². The van der Waals surface area contributed by atoms with Crippen molar-refractivity contribution in [1.82, 2.24) is 4.57 Å². The third-order valence-corrected chi connectivity index (χ3v) is 8.73. The molecule has 0 saturated carbocycles. The average Bonchev–Trinajstić information content (AvgIpc) is 3.18. The summed E-state index contributed by atoms with van der Waals surface area (Å²) in [5, 5.41) is 0. The number of aryl methyl sites for hydroxylation is 1. The van der Waals surface area contributed by atoms with Crippen molar-refractivity contribution in [2.24, 2.45) is 4.99 Å². The number of nitrogens with zero attached hydrogens (tertiary/aromatic N) is 2. The minimum atomic E-state index is -0.145. The highest BCUT2D eigenvalue weighted by Crippen LogP contribution is 2.41. The number of allylic oxidation sites excluding steroid dienone is 1. The predicted molar refractivity (Wildman–Crippen MR) is 145 cm³/mol. The van der Waals surface area contributed by atoms with E-state index in [1.54, 1.807) is 11.8 Å². The quantitative estimate of drug-likeness (QED) is 0.305. The van der Waals surface area contributed by atoms with Crippen molar-refractivity contribution in [2.45, 2.75) is 23.8 Å². The van der Waals surface area contributed by atoms with Crippen molar-refractivity contribution in [3.05, 3.63) is 125 Å². The number of aromatic nitrogens is 1. The Hall–Kier alpha value is -2.67. The maximum atomic E-state index is 13.8. The van der Waals surface area contributed by atoms with Crippen molar-refractivity contribution in [3.63, 3.8) is 0 Å². The number of benzene rings is 3. The van der Waals surface area contributed by atoms with Crippen molar-refractivity contribution in [1.29, 1.82) is 0 Å². The van der Waals surface area contributed by atoms with Gasteiger partial charge in [-0.25, -0.2) is 4.99 Å². The van der Waals surface area contributed by atoms with E-state index in [-0.39, 0.29) is 11.6 Å². The van der Waals surface area contributed by atoms with Gasteiger partial charge in [0.1, 0.15) is 0 Å². The molecule has 34 heavy (non-hydrogen) atoms. The van der Waals surface area contributed by atoms with Crippen LogP contribution in [0, 0.1) is 0 Å². The van der Waals surface area contributed by atoms with E-state index in [0.29, 0.717) is 4.53 Å². The smallest absolute Gasteiger partial charge is 0.271 e. The fraction of sp³-hybridized carbons (Fsp3) is 0.143. The lowest BCUT2D eigenvalue weighted by Crippen LogP contribution is -2.38. The fourth-order valence-electron chi connectivity index (χ4n) is 4.82. The predicted octanol–water partition coefficient (Wildman–Crippen LogP) is 5.80. The number of thioether (sulfide) groups is 1. The standard InChI is InChI=1S/C28H21BrN2OS2/c1-33-21-13-6-17(7-14-21)16-24-27(32)31-26(19-8-11-20(29)12-9-19)23-15-10-18-4-2-3-5-22(18)25(23)30-28(31)34-24/h2-9,11-14,16,26H,10,15H2,1H3. The van der Waals surface area contributed by atoms with Crippen LogP contribution in [-0.4, -0.2) is 10.8 Å². The number of rotatable bonds is 3. The van der Waals surface area contributed by atoms with Crippen LogP contribution in [0.3, 0.4) is 0 Å². The first-order valence-electron chi connectivity index (χ1n) is 11.1. The Labute approximate surface area is 214 Å². The minimum absolute atomic E-state index is 0.0241. The molecular formula is C28H21BrN2OS2. The highest BCUT2D eigenvalue weighted by molar-refractivity contribution is 9.10. The maximum Gasteiger partial charge on any atom is 0.271 e. The monoisotopic (exact) mass is 544 g/mol. The molecule has 0 bridgehead atoms. The second-order valence-electron chi connectivity index (χ2n) is 8.44. The minimum Gasteiger partial charge on any atom is -0.272 e. The van der Waals surface area contributed by atoms with Crippen LogP contribution < -0.4 is 14.9 Å². The number of halogens is 1. The van der Waals surface area contributed by atoms with Gasteiger partial charge in [-0.15, -0.1) is 11.8 Å². The largest absolute Gasteiger partial charge is 0.272 e. The zero-order chi connectivity index (χ0) is 23.2. The Bertz CT molecular complexity index is 1610. The average molecular weight is 546 g/mol. The molecule has 0 radical (unpaired) electrons. The Morgan fingerprint density at radius 1 is 1.03 bits per heavy atom. The highest BCUT2D eigenvalue weighted by atomic mass is 79.9. The molecule has 1 aliphatic heterocycles. The lowest BCUT2D eigenvalue weighted by molar-refractivity contribution is 0.585. The second kappa shape index (κ2) is 8.84. The van der Waals surface area contributed by atoms with E-state index in [4.69, 9.17) is 4.99 Å². The van der Waals surface area contributed by atoms with Crippen LogP contribution in [0.25, 0.3) is 11.8 Å². The van der Waals surface area contributed by atoms with E-state index in [1.165, 1.54) is 32.9 Å². The lowest BCUT2D eigenvalue weighted by atomic mass is 9.83. The number of fused-ring (bicyclic) bond motifs is 3. The SMILES string of the molecule is CSc1ccc(C=c2sc3n(c2=O)C(c2ccc(Br)cc2)C2=C(N=3)c3ccccc3CC2)cc1. The normalized spacial score (nSPS) is 17.1. The molecule has 0 spiro atoms. The van der Waals surface area contributed by atoms with Gasteiger partial charge in [-0.3, -0.25) is 9.36 Å². The summed E-state index contributed by atoms with van der Waals surface area (Å²) in [5.41, 5.74) is 6.94. The van der Waals surface area contributed by atoms with Crippen LogP contribution in [0.1, 0.15) is 34.7 Å². The molecule has 0 N–H and O–H groups in total. The molecule has 6 rings (SSSR count). The molecule has 1 atom stereocenters. The molecule has 2 aliphatic rings. The van der Waals surface area contributed by atoms with Crippen LogP contribution in [0.4, 0.5) is 0 Å². The Balaban J connectivity index is 1.59. The molecule has 4 aromatic rings. The van der Waals surface area contributed by atoms with Gasteiger partial charge in [-0.2, -0.15) is 0 Å². The highest BCUT2D eigenvalue weighted by Gasteiger charge is 2.32. The molecule has 2 heterocycles. The van der Waals surface area contributed by atoms with E-state index in [1.807, 2.05) is 10.6 Å². The van der Waals surface area contributed by atoms with Gasteiger partial charge in [0.05, 0.1) is 16.3 Å². The van der Waals surface area contributed by atoms with Gasteiger partial charge in [0.2, 0.25) is 0 Å². The van der Waals surface area contributed by atoms with E-state index in [2.05, 4.69) is 95.0 Å². The van der Waals surface area contributed by atoms with Crippen molar-refractivity contribution in [3.8, 4) is 0 Å². The maximum absolute atomic E-state index is 13.8. The topological polar surface area (TPSA) is 34.4 Å². The first-order chi connectivity index (χ1) is 16.6. The van der Waals surface area contributed by atoms with Crippen LogP contribution in [0.5, 0.6) is 0 Å². The van der Waals surface area contributed by atoms with Crippen LogP contribution >= 0.6 is 39.0 Å². The van der Waals surface area contributed by atoms with Crippen LogP contribution in [-0.2, 0) is 6.42 Å². The first kappa shape index (κ1) is 21.8. The number of thiazole rings is 1. The Morgan fingerprint density at radius 2 is 1.79 bits per heavy atom. The number of hydrogen-bond donors (Lipinski definition) is 0. The van der Waals surface area contributed by atoms with Crippen molar-refractivity contribution < 1.29 is 0 Å². The summed E-state index contributed by atoms with van der Waals surface area (Å²) in [7, 11) is 0. The zero-order valence-electron chi connectivity index (χ0n) is 18.5. The van der Waals surface area contributed by atoms with Crippen molar-refractivity contribution in [2.75, 3.05) is 6.26 Å². The summed E-state index contributed by atoms with van der Waals surface area (Å²) in [6.07, 6.45) is 5.92. The molecule has 3 nitrogen and oxygen atoms in total. The summed E-state index contributed by atoms with van der Waals surface area (Å²) in [6, 6.07) is 25.0. The van der Waals surface area contributed by atoms with Gasteiger partial charge in [0, 0.05) is 14.9 Å². The van der Waals surface area contributed by atoms with Gasteiger partial charge < -0.3 is 0 Å². The van der Waals surface area contributed by atoms with Gasteiger partial charge in [-0.05, 0) is 71.7 Å². The van der Waals surface area contributed by atoms with E-state index >= 15 is 0 Å². The van der Waals surface area contributed by atoms with E-state index < -0.39 is 0 Å². The summed E-state index contributed by atoms with van der Waals surface area (Å²) in [5.74, 6) is 0. The molecule has 168 valence electrons. The van der Waals surface area contributed by atoms with Gasteiger partial charge in [-0.1, -0.05) is 75.8 Å². The van der Waals surface area contributed by atoms with Gasteiger partial charge in [0.25, 0.3) is 5.56 Å². The first-order valence-corrected chi connectivity index (χ1v) is 14.0. The number of hydrogen-bond acceptors (Lipinski definition) is 4. The Kier molecular flexibility index (Phi) is 5.68. The third-order valence-electron chi connectivity index (χ3n) is 6.47. The molecule has 1 aliphatic carbocycles. The molecule has 1 aromatic heterocycles. The molecule has 0 amide bonds. The van der Waals surface area contributed by atoms with Crippen LogP contribution in [0.15, 0.2) is 97.5 Å². The van der Waals surface area contributed by atoms with E-state index in [0.717, 1.165) is 38.9 Å². The van der Waals surface area contributed by atoms with Crippen LogP contribution in [0.2, 0.25) is 0 Å². The lowest BCUT2D eigenvalue weighted by Gasteiger charge is -2.30. The van der Waals surface area contributed by atoms with Crippen molar-refractivity contribution >= 4 is 50.8 Å². The third kappa shape index (κ3) is 3.74. The summed E-state index contributed by atoms with van der Waals surface area (Å²) in [6.45, 7) is 0. The second-order valence-corrected chi connectivity index (χ2v) is 11.2. The summed E-state index contributed by atoms with van der Waals surface area (Å²) >= 11 is 6.74. The molecule has 0 saturated heterocycles. The Morgan fingerprint density at radius 3 is 2.56 bits per heavy atom. The molecule has 3 aromatic carbocycles. The fourth-order valence-corrected chi connectivity index (χ4v) is 6.49. The van der Waals surface area contributed by atoms with E-state index in [9.17, 15) is 4.79 Å². The molecule has 0 fully saturated rings.